The summed E-state index contributed by atoms with van der Waals surface area (Å²) in [4.78, 5) is 13.6. The van der Waals surface area contributed by atoms with Crippen molar-refractivity contribution in [3.8, 4) is 0 Å². The maximum absolute atomic E-state index is 12.8. The number of nitrogens with zero attached hydrogens (tertiary/aromatic N) is 1. The van der Waals surface area contributed by atoms with Crippen LogP contribution in [-0.2, 0) is 4.79 Å². The van der Waals surface area contributed by atoms with Crippen molar-refractivity contribution in [1.29, 1.82) is 0 Å². The molecule has 0 aliphatic carbocycles. The summed E-state index contributed by atoms with van der Waals surface area (Å²) in [5.74, 6) is 0.848. The normalized spacial score (nSPS) is 10.4. The fraction of sp³-hybridized carbons (Fsp3) is 0.462. The van der Waals surface area contributed by atoms with Gasteiger partial charge < -0.3 is 10.0 Å². The molecule has 0 saturated heterocycles. The number of aliphatic hydroxyl groups excluding tert-OH is 1. The van der Waals surface area contributed by atoms with Gasteiger partial charge in [-0.3, -0.25) is 4.79 Å². The fourth-order valence-corrected chi connectivity index (χ4v) is 2.34. The summed E-state index contributed by atoms with van der Waals surface area (Å²) in [7, 11) is 0. The van der Waals surface area contributed by atoms with Crippen LogP contribution in [-0.4, -0.2) is 35.7 Å². The minimum atomic E-state index is -0.306. The van der Waals surface area contributed by atoms with Gasteiger partial charge in [0.05, 0.1) is 5.75 Å². The highest BCUT2D eigenvalue weighted by Crippen LogP contribution is 2.16. The van der Waals surface area contributed by atoms with Gasteiger partial charge >= 0.3 is 0 Å². The molecule has 1 amide bonds. The molecule has 100 valence electrons. The molecule has 5 heteroatoms. The first kappa shape index (κ1) is 15.0. The van der Waals surface area contributed by atoms with Gasteiger partial charge in [-0.2, -0.15) is 11.8 Å². The molecule has 0 aromatic heterocycles. The topological polar surface area (TPSA) is 40.5 Å². The average Bonchev–Trinajstić information content (AvgIpc) is 2.38. The highest BCUT2D eigenvalue weighted by Gasteiger charge is 2.13. The summed E-state index contributed by atoms with van der Waals surface area (Å²) < 4.78 is 12.8. The van der Waals surface area contributed by atoms with E-state index in [2.05, 4.69) is 0 Å². The van der Waals surface area contributed by atoms with Gasteiger partial charge in [0.2, 0.25) is 5.91 Å². The van der Waals surface area contributed by atoms with Crippen molar-refractivity contribution in [3.63, 3.8) is 0 Å². The molecule has 3 nitrogen and oxygen atoms in total. The molecular weight excluding hydrogens is 253 g/mol. The quantitative estimate of drug-likeness (QED) is 0.774. The van der Waals surface area contributed by atoms with Gasteiger partial charge in [0.1, 0.15) is 5.82 Å². The van der Waals surface area contributed by atoms with Crippen LogP contribution < -0.4 is 4.90 Å². The van der Waals surface area contributed by atoms with Crippen LogP contribution in [0.1, 0.15) is 13.3 Å². The van der Waals surface area contributed by atoms with Crippen LogP contribution in [0.5, 0.6) is 0 Å². The van der Waals surface area contributed by atoms with Gasteiger partial charge in [-0.1, -0.05) is 0 Å². The molecule has 0 spiro atoms. The van der Waals surface area contributed by atoms with Gasteiger partial charge in [-0.25, -0.2) is 4.39 Å². The Morgan fingerprint density at radius 1 is 1.39 bits per heavy atom. The number of halogens is 1. The van der Waals surface area contributed by atoms with Crippen LogP contribution in [0.25, 0.3) is 0 Å². The van der Waals surface area contributed by atoms with Gasteiger partial charge in [-0.05, 0) is 43.4 Å². The SMILES string of the molecule is CCN(C(=O)CSCCCO)c1ccc(F)cc1. The van der Waals surface area contributed by atoms with E-state index in [1.165, 1.54) is 23.9 Å². The highest BCUT2D eigenvalue weighted by atomic mass is 32.2. The summed E-state index contributed by atoms with van der Waals surface area (Å²) in [5, 5.41) is 8.65. The maximum Gasteiger partial charge on any atom is 0.236 e. The number of rotatable bonds is 7. The number of thioether (sulfide) groups is 1. The minimum absolute atomic E-state index is 0.00653. The van der Waals surface area contributed by atoms with Crippen LogP contribution in [0.2, 0.25) is 0 Å². The van der Waals surface area contributed by atoms with Crippen molar-refractivity contribution < 1.29 is 14.3 Å². The number of hydrogen-bond donors (Lipinski definition) is 1. The zero-order valence-electron chi connectivity index (χ0n) is 10.4. The van der Waals surface area contributed by atoms with E-state index in [1.54, 1.807) is 17.0 Å². The molecule has 0 bridgehead atoms. The number of anilines is 1. The first-order valence-corrected chi connectivity index (χ1v) is 7.09. The van der Waals surface area contributed by atoms with Crippen molar-refractivity contribution in [2.24, 2.45) is 0 Å². The Hall–Kier alpha value is -1.07. The summed E-state index contributed by atoms with van der Waals surface area (Å²) in [5.41, 5.74) is 0.714. The van der Waals surface area contributed by atoms with Crippen molar-refractivity contribution in [3.05, 3.63) is 30.1 Å². The molecule has 0 fully saturated rings. The van der Waals surface area contributed by atoms with E-state index in [0.717, 1.165) is 5.75 Å². The van der Waals surface area contributed by atoms with E-state index >= 15 is 0 Å². The molecular formula is C13H18FNO2S. The Balaban J connectivity index is 2.54. The third-order valence-corrected chi connectivity index (χ3v) is 3.46. The molecule has 1 N–H and O–H groups in total. The molecule has 0 aliphatic heterocycles. The van der Waals surface area contributed by atoms with Gasteiger partial charge in [0.15, 0.2) is 0 Å². The lowest BCUT2D eigenvalue weighted by Crippen LogP contribution is -2.32. The van der Waals surface area contributed by atoms with E-state index in [9.17, 15) is 9.18 Å². The van der Waals surface area contributed by atoms with E-state index in [1.807, 2.05) is 6.92 Å². The zero-order valence-corrected chi connectivity index (χ0v) is 11.3. The lowest BCUT2D eigenvalue weighted by molar-refractivity contribution is -0.116. The van der Waals surface area contributed by atoms with Crippen molar-refractivity contribution in [2.75, 3.05) is 29.6 Å². The third-order valence-electron chi connectivity index (χ3n) is 2.43. The van der Waals surface area contributed by atoms with Crippen LogP contribution >= 0.6 is 11.8 Å². The Kier molecular flexibility index (Phi) is 6.75. The molecule has 0 heterocycles. The van der Waals surface area contributed by atoms with Crippen molar-refractivity contribution >= 4 is 23.4 Å². The molecule has 0 atom stereocenters. The van der Waals surface area contributed by atoms with E-state index in [4.69, 9.17) is 5.11 Å². The van der Waals surface area contributed by atoms with Gasteiger partial charge in [-0.15, -0.1) is 0 Å². The molecule has 18 heavy (non-hydrogen) atoms. The zero-order chi connectivity index (χ0) is 13.4. The Morgan fingerprint density at radius 2 is 2.06 bits per heavy atom. The second-order valence-electron chi connectivity index (χ2n) is 3.74. The Labute approximate surface area is 111 Å². The number of amides is 1. The minimum Gasteiger partial charge on any atom is -0.396 e. The van der Waals surface area contributed by atoms with Crippen LogP contribution in [0.15, 0.2) is 24.3 Å². The van der Waals surface area contributed by atoms with Crippen LogP contribution in [0.4, 0.5) is 10.1 Å². The largest absolute Gasteiger partial charge is 0.396 e. The summed E-state index contributed by atoms with van der Waals surface area (Å²) in [6, 6.07) is 5.92. The average molecular weight is 271 g/mol. The monoisotopic (exact) mass is 271 g/mol. The van der Waals surface area contributed by atoms with Crippen LogP contribution in [0.3, 0.4) is 0 Å². The molecule has 1 rings (SSSR count). The fourth-order valence-electron chi connectivity index (χ4n) is 1.53. The molecule has 0 saturated carbocycles. The second-order valence-corrected chi connectivity index (χ2v) is 4.85. The van der Waals surface area contributed by atoms with E-state index in [-0.39, 0.29) is 18.3 Å². The number of benzene rings is 1. The maximum atomic E-state index is 12.8. The number of hydrogen-bond acceptors (Lipinski definition) is 3. The first-order valence-electron chi connectivity index (χ1n) is 5.93. The lowest BCUT2D eigenvalue weighted by atomic mass is 10.3. The van der Waals surface area contributed by atoms with Crippen LogP contribution in [0, 0.1) is 5.82 Å². The predicted octanol–water partition coefficient (Wildman–Crippen LogP) is 2.29. The number of carbonyl (C=O) groups is 1. The lowest BCUT2D eigenvalue weighted by Gasteiger charge is -2.20. The Bertz CT molecular complexity index is 370. The van der Waals surface area contributed by atoms with E-state index < -0.39 is 0 Å². The van der Waals surface area contributed by atoms with E-state index in [0.29, 0.717) is 24.4 Å². The Morgan fingerprint density at radius 3 is 2.61 bits per heavy atom. The molecule has 0 unspecified atom stereocenters. The van der Waals surface area contributed by atoms with Crippen molar-refractivity contribution in [1.82, 2.24) is 0 Å². The standard InChI is InChI=1S/C13H18FNO2S/c1-2-15(12-6-4-11(14)5-7-12)13(17)10-18-9-3-8-16/h4-7,16H,2-3,8-10H2,1H3. The number of aliphatic hydroxyl groups is 1. The predicted molar refractivity (Wildman–Crippen MR) is 73.5 cm³/mol. The highest BCUT2D eigenvalue weighted by molar-refractivity contribution is 7.99. The molecule has 0 radical (unpaired) electrons. The smallest absolute Gasteiger partial charge is 0.236 e. The molecule has 1 aromatic carbocycles. The summed E-state index contributed by atoms with van der Waals surface area (Å²) in [6.45, 7) is 2.60. The molecule has 1 aromatic rings. The number of carbonyl (C=O) groups excluding carboxylic acids is 1. The van der Waals surface area contributed by atoms with Gasteiger partial charge in [0, 0.05) is 18.8 Å². The molecule has 0 aliphatic rings. The second kappa shape index (κ2) is 8.11. The summed E-state index contributed by atoms with van der Waals surface area (Å²) >= 11 is 1.50. The third kappa shape index (κ3) is 4.66. The van der Waals surface area contributed by atoms with Gasteiger partial charge in [0.25, 0.3) is 0 Å². The van der Waals surface area contributed by atoms with Crippen molar-refractivity contribution in [2.45, 2.75) is 13.3 Å². The summed E-state index contributed by atoms with van der Waals surface area (Å²) in [6.07, 6.45) is 0.695. The first-order chi connectivity index (χ1) is 8.69.